The van der Waals surface area contributed by atoms with Crippen LogP contribution in [0.3, 0.4) is 0 Å². The summed E-state index contributed by atoms with van der Waals surface area (Å²) in [6.45, 7) is 8.30. The molecule has 0 aliphatic rings. The third kappa shape index (κ3) is 6.17. The van der Waals surface area contributed by atoms with Gasteiger partial charge in [0.15, 0.2) is 0 Å². The summed E-state index contributed by atoms with van der Waals surface area (Å²) in [5, 5.41) is 6.34. The summed E-state index contributed by atoms with van der Waals surface area (Å²) in [7, 11) is 0. The van der Waals surface area contributed by atoms with Crippen LogP contribution in [0, 0.1) is 0 Å². The Kier molecular flexibility index (Phi) is 7.92. The van der Waals surface area contributed by atoms with Crippen molar-refractivity contribution in [3.63, 3.8) is 0 Å². The number of carbonyl (C=O) groups excluding carboxylic acids is 1. The zero-order chi connectivity index (χ0) is 14.8. The van der Waals surface area contributed by atoms with E-state index in [0.717, 1.165) is 18.7 Å². The summed E-state index contributed by atoms with van der Waals surface area (Å²) in [5.74, 6) is -0.00947. The summed E-state index contributed by atoms with van der Waals surface area (Å²) in [4.78, 5) is 11.7. The maximum atomic E-state index is 11.7. The number of nitrogens with one attached hydrogen (secondary N) is 2. The normalized spacial score (nSPS) is 12.2. The van der Waals surface area contributed by atoms with Crippen LogP contribution in [-0.4, -0.2) is 25.7 Å². The molecule has 0 spiro atoms. The molecule has 0 aliphatic carbocycles. The molecule has 1 aromatic rings. The highest BCUT2D eigenvalue weighted by Gasteiger charge is 2.06. The number of carbonyl (C=O) groups is 1. The van der Waals surface area contributed by atoms with Crippen LogP contribution in [0.15, 0.2) is 24.3 Å². The maximum Gasteiger partial charge on any atom is 0.226 e. The van der Waals surface area contributed by atoms with Crippen LogP contribution in [0.4, 0.5) is 5.69 Å². The predicted molar refractivity (Wildman–Crippen MR) is 82.9 cm³/mol. The molecule has 112 valence electrons. The lowest BCUT2D eigenvalue weighted by molar-refractivity contribution is -0.117. The lowest BCUT2D eigenvalue weighted by atomic mass is 10.1. The number of hydrogen-bond acceptors (Lipinski definition) is 3. The number of anilines is 1. The molecule has 0 saturated carbocycles. The molecule has 0 fully saturated rings. The smallest absolute Gasteiger partial charge is 0.226 e. The molecule has 2 N–H and O–H groups in total. The topological polar surface area (TPSA) is 50.4 Å². The molecule has 0 heterocycles. The predicted octanol–water partition coefficient (Wildman–Crippen LogP) is 3.11. The van der Waals surface area contributed by atoms with Crippen molar-refractivity contribution in [2.24, 2.45) is 0 Å². The molecule has 0 radical (unpaired) electrons. The number of benzene rings is 1. The van der Waals surface area contributed by atoms with Crippen molar-refractivity contribution >= 4 is 11.6 Å². The number of amides is 1. The molecular formula is C16H26N2O2. The highest BCUT2D eigenvalue weighted by molar-refractivity contribution is 5.90. The molecule has 1 amide bonds. The minimum absolute atomic E-state index is 0.00947. The Labute approximate surface area is 121 Å². The van der Waals surface area contributed by atoms with Crippen molar-refractivity contribution in [3.8, 4) is 0 Å². The fourth-order valence-corrected chi connectivity index (χ4v) is 1.90. The van der Waals surface area contributed by atoms with Crippen molar-refractivity contribution in [1.29, 1.82) is 0 Å². The minimum atomic E-state index is -0.00947. The fraction of sp³-hybridized carbons (Fsp3) is 0.562. The maximum absolute atomic E-state index is 11.7. The van der Waals surface area contributed by atoms with Crippen molar-refractivity contribution in [2.45, 2.75) is 39.7 Å². The molecule has 1 atom stereocenters. The highest BCUT2D eigenvalue weighted by Crippen LogP contribution is 2.17. The molecule has 0 bridgehead atoms. The second-order valence-corrected chi connectivity index (χ2v) is 4.80. The number of rotatable bonds is 9. The number of hydrogen-bond donors (Lipinski definition) is 2. The van der Waals surface area contributed by atoms with E-state index in [1.807, 2.05) is 25.1 Å². The second kappa shape index (κ2) is 9.50. The molecule has 1 unspecified atom stereocenters. The highest BCUT2D eigenvalue weighted by atomic mass is 16.5. The van der Waals surface area contributed by atoms with Gasteiger partial charge in [-0.25, -0.2) is 0 Å². The van der Waals surface area contributed by atoms with Gasteiger partial charge >= 0.3 is 0 Å². The third-order valence-electron chi connectivity index (χ3n) is 3.05. The van der Waals surface area contributed by atoms with Crippen LogP contribution in [0.1, 0.15) is 45.2 Å². The van der Waals surface area contributed by atoms with E-state index in [9.17, 15) is 4.79 Å². The van der Waals surface area contributed by atoms with Crippen LogP contribution in [0.5, 0.6) is 0 Å². The SMILES string of the molecule is CCCNC(C)c1cccc(NC(=O)CCOCC)c1. The van der Waals surface area contributed by atoms with E-state index < -0.39 is 0 Å². The van der Waals surface area contributed by atoms with E-state index in [4.69, 9.17) is 4.74 Å². The molecule has 1 aromatic carbocycles. The Hall–Kier alpha value is -1.39. The van der Waals surface area contributed by atoms with Gasteiger partial charge in [0.2, 0.25) is 5.91 Å². The summed E-state index contributed by atoms with van der Waals surface area (Å²) < 4.78 is 5.18. The largest absolute Gasteiger partial charge is 0.381 e. The van der Waals surface area contributed by atoms with Crippen molar-refractivity contribution in [3.05, 3.63) is 29.8 Å². The summed E-state index contributed by atoms with van der Waals surface area (Å²) >= 11 is 0. The van der Waals surface area contributed by atoms with Gasteiger partial charge in [-0.1, -0.05) is 19.1 Å². The van der Waals surface area contributed by atoms with Crippen molar-refractivity contribution < 1.29 is 9.53 Å². The minimum Gasteiger partial charge on any atom is -0.381 e. The molecule has 4 nitrogen and oxygen atoms in total. The Morgan fingerprint density at radius 3 is 2.85 bits per heavy atom. The van der Waals surface area contributed by atoms with Gasteiger partial charge in [-0.3, -0.25) is 4.79 Å². The van der Waals surface area contributed by atoms with Crippen LogP contribution >= 0.6 is 0 Å². The summed E-state index contributed by atoms with van der Waals surface area (Å²) in [6.07, 6.45) is 1.50. The molecule has 20 heavy (non-hydrogen) atoms. The summed E-state index contributed by atoms with van der Waals surface area (Å²) in [6, 6.07) is 8.26. The molecule has 0 aliphatic heterocycles. The first-order valence-corrected chi connectivity index (χ1v) is 7.38. The molecule has 0 aromatic heterocycles. The second-order valence-electron chi connectivity index (χ2n) is 4.80. The Balaban J connectivity index is 2.52. The van der Waals surface area contributed by atoms with E-state index in [0.29, 0.717) is 19.6 Å². The number of ether oxygens (including phenoxy) is 1. The lowest BCUT2D eigenvalue weighted by Crippen LogP contribution is -2.19. The quantitative estimate of drug-likeness (QED) is 0.682. The van der Waals surface area contributed by atoms with E-state index in [1.54, 1.807) is 0 Å². The zero-order valence-corrected chi connectivity index (χ0v) is 12.7. The van der Waals surface area contributed by atoms with E-state index in [2.05, 4.69) is 30.5 Å². The molecule has 4 heteroatoms. The monoisotopic (exact) mass is 278 g/mol. The van der Waals surface area contributed by atoms with E-state index in [1.165, 1.54) is 5.56 Å². The molecular weight excluding hydrogens is 252 g/mol. The summed E-state index contributed by atoms with van der Waals surface area (Å²) in [5.41, 5.74) is 2.02. The van der Waals surface area contributed by atoms with Gasteiger partial charge < -0.3 is 15.4 Å². The first kappa shape index (κ1) is 16.7. The van der Waals surface area contributed by atoms with Crippen LogP contribution in [-0.2, 0) is 9.53 Å². The molecule has 0 saturated heterocycles. The first-order valence-electron chi connectivity index (χ1n) is 7.38. The van der Waals surface area contributed by atoms with Crippen LogP contribution in [0.25, 0.3) is 0 Å². The zero-order valence-electron chi connectivity index (χ0n) is 12.7. The van der Waals surface area contributed by atoms with E-state index >= 15 is 0 Å². The third-order valence-corrected chi connectivity index (χ3v) is 3.05. The Morgan fingerprint density at radius 2 is 2.15 bits per heavy atom. The van der Waals surface area contributed by atoms with Gasteiger partial charge in [0.1, 0.15) is 0 Å². The standard InChI is InChI=1S/C16H26N2O2/c1-4-10-17-13(3)14-7-6-8-15(12-14)18-16(19)9-11-20-5-2/h6-8,12-13,17H,4-5,9-11H2,1-3H3,(H,18,19). The van der Waals surface area contributed by atoms with Gasteiger partial charge in [0, 0.05) is 18.3 Å². The molecule has 1 rings (SSSR count). The van der Waals surface area contributed by atoms with Gasteiger partial charge in [-0.2, -0.15) is 0 Å². The fourth-order valence-electron chi connectivity index (χ4n) is 1.90. The average Bonchev–Trinajstić information content (AvgIpc) is 2.45. The van der Waals surface area contributed by atoms with Crippen molar-refractivity contribution in [2.75, 3.05) is 25.1 Å². The van der Waals surface area contributed by atoms with Crippen LogP contribution in [0.2, 0.25) is 0 Å². The lowest BCUT2D eigenvalue weighted by Gasteiger charge is -2.15. The van der Waals surface area contributed by atoms with Gasteiger partial charge in [-0.15, -0.1) is 0 Å². The van der Waals surface area contributed by atoms with Gasteiger partial charge in [0.05, 0.1) is 13.0 Å². The van der Waals surface area contributed by atoms with E-state index in [-0.39, 0.29) is 11.9 Å². The Bertz CT molecular complexity index is 407. The van der Waals surface area contributed by atoms with Gasteiger partial charge in [-0.05, 0) is 44.5 Å². The average molecular weight is 278 g/mol. The van der Waals surface area contributed by atoms with Crippen molar-refractivity contribution in [1.82, 2.24) is 5.32 Å². The Morgan fingerprint density at radius 1 is 1.35 bits per heavy atom. The van der Waals surface area contributed by atoms with Gasteiger partial charge in [0.25, 0.3) is 0 Å². The first-order chi connectivity index (χ1) is 9.67. The van der Waals surface area contributed by atoms with Crippen LogP contribution < -0.4 is 10.6 Å².